The van der Waals surface area contributed by atoms with E-state index in [-0.39, 0.29) is 12.0 Å². The van der Waals surface area contributed by atoms with Crippen molar-refractivity contribution in [2.45, 2.75) is 46.1 Å². The lowest BCUT2D eigenvalue weighted by Gasteiger charge is -2.27. The molecule has 1 aliphatic heterocycles. The number of benzene rings is 1. The molecule has 1 saturated heterocycles. The van der Waals surface area contributed by atoms with Crippen LogP contribution in [-0.4, -0.2) is 35.1 Å². The number of piperidine rings is 1. The highest BCUT2D eigenvalue weighted by Gasteiger charge is 2.18. The van der Waals surface area contributed by atoms with E-state index < -0.39 is 0 Å². The normalized spacial score (nSPS) is 14.4. The van der Waals surface area contributed by atoms with Gasteiger partial charge in [-0.1, -0.05) is 12.1 Å². The van der Waals surface area contributed by atoms with Crippen LogP contribution in [-0.2, 0) is 0 Å². The second kappa shape index (κ2) is 8.17. The number of nitrogens with one attached hydrogen (secondary N) is 1. The molecular formula is C20H26N4O2. The zero-order valence-electron chi connectivity index (χ0n) is 15.7. The standard InChI is InChI=1S/C20H26N4O2/c1-14(2)26-18-10-6-5-9-16(18)22-19(25)17-13-15(3)21-20(23-17)24-11-7-4-8-12-24/h5-6,9-10,13-14H,4,7-8,11-12H2,1-3H3,(H,22,25). The van der Waals surface area contributed by atoms with Gasteiger partial charge in [0.05, 0.1) is 11.8 Å². The summed E-state index contributed by atoms with van der Waals surface area (Å²) in [4.78, 5) is 23.9. The highest BCUT2D eigenvalue weighted by atomic mass is 16.5. The quantitative estimate of drug-likeness (QED) is 0.884. The Morgan fingerprint density at radius 3 is 2.62 bits per heavy atom. The largest absolute Gasteiger partial charge is 0.489 e. The van der Waals surface area contributed by atoms with Crippen LogP contribution in [0.25, 0.3) is 0 Å². The van der Waals surface area contributed by atoms with Gasteiger partial charge in [-0.15, -0.1) is 0 Å². The lowest BCUT2D eigenvalue weighted by atomic mass is 10.1. The van der Waals surface area contributed by atoms with Crippen LogP contribution in [0, 0.1) is 6.92 Å². The van der Waals surface area contributed by atoms with Gasteiger partial charge in [-0.25, -0.2) is 9.97 Å². The van der Waals surface area contributed by atoms with Crippen LogP contribution >= 0.6 is 0 Å². The zero-order valence-corrected chi connectivity index (χ0v) is 15.7. The predicted octanol–water partition coefficient (Wildman–Crippen LogP) is 3.81. The van der Waals surface area contributed by atoms with E-state index in [0.717, 1.165) is 31.6 Å². The Labute approximate surface area is 154 Å². The summed E-state index contributed by atoms with van der Waals surface area (Å²) in [5.41, 5.74) is 1.80. The van der Waals surface area contributed by atoms with Crippen molar-refractivity contribution in [3.05, 3.63) is 41.7 Å². The molecule has 1 aliphatic rings. The summed E-state index contributed by atoms with van der Waals surface area (Å²) in [5, 5.41) is 2.92. The fourth-order valence-electron chi connectivity index (χ4n) is 3.02. The van der Waals surface area contributed by atoms with Gasteiger partial charge >= 0.3 is 0 Å². The first-order chi connectivity index (χ1) is 12.5. The Bertz CT molecular complexity index is 770. The maximum atomic E-state index is 12.8. The Kier molecular flexibility index (Phi) is 5.71. The van der Waals surface area contributed by atoms with Gasteiger partial charge < -0.3 is 15.0 Å². The summed E-state index contributed by atoms with van der Waals surface area (Å²) in [6, 6.07) is 9.15. The van der Waals surface area contributed by atoms with E-state index in [1.54, 1.807) is 6.07 Å². The van der Waals surface area contributed by atoms with Crippen molar-refractivity contribution < 1.29 is 9.53 Å². The molecule has 0 aliphatic carbocycles. The maximum absolute atomic E-state index is 12.8. The van der Waals surface area contributed by atoms with Crippen molar-refractivity contribution in [2.75, 3.05) is 23.3 Å². The Morgan fingerprint density at radius 1 is 1.15 bits per heavy atom. The van der Waals surface area contributed by atoms with E-state index in [2.05, 4.69) is 20.2 Å². The Hall–Kier alpha value is -2.63. The predicted molar refractivity (Wildman–Crippen MR) is 103 cm³/mol. The fraction of sp³-hybridized carbons (Fsp3) is 0.450. The third-order valence-electron chi connectivity index (χ3n) is 4.21. The number of carbonyl (C=O) groups is 1. The molecule has 26 heavy (non-hydrogen) atoms. The molecule has 1 fully saturated rings. The highest BCUT2D eigenvalue weighted by molar-refractivity contribution is 6.03. The number of ether oxygens (including phenoxy) is 1. The number of aromatic nitrogens is 2. The number of nitrogens with zero attached hydrogens (tertiary/aromatic N) is 3. The van der Waals surface area contributed by atoms with E-state index >= 15 is 0 Å². The van der Waals surface area contributed by atoms with Crippen molar-refractivity contribution in [1.82, 2.24) is 9.97 Å². The van der Waals surface area contributed by atoms with Crippen LogP contribution in [0.4, 0.5) is 11.6 Å². The molecule has 0 atom stereocenters. The third kappa shape index (κ3) is 4.50. The molecule has 6 nitrogen and oxygen atoms in total. The number of aryl methyl sites for hydroxylation is 1. The average Bonchev–Trinajstić information content (AvgIpc) is 2.63. The van der Waals surface area contributed by atoms with Gasteiger partial charge in [-0.3, -0.25) is 4.79 Å². The fourth-order valence-corrected chi connectivity index (χ4v) is 3.02. The van der Waals surface area contributed by atoms with Gasteiger partial charge in [0, 0.05) is 18.8 Å². The molecular weight excluding hydrogens is 328 g/mol. The van der Waals surface area contributed by atoms with Crippen molar-refractivity contribution in [3.63, 3.8) is 0 Å². The van der Waals surface area contributed by atoms with E-state index in [1.807, 2.05) is 45.0 Å². The summed E-state index contributed by atoms with van der Waals surface area (Å²) in [5.74, 6) is 1.04. The van der Waals surface area contributed by atoms with Crippen molar-refractivity contribution in [2.24, 2.45) is 0 Å². The molecule has 0 spiro atoms. The monoisotopic (exact) mass is 354 g/mol. The summed E-state index contributed by atoms with van der Waals surface area (Å²) >= 11 is 0. The molecule has 138 valence electrons. The van der Waals surface area contributed by atoms with Gasteiger partial charge in [0.25, 0.3) is 5.91 Å². The molecule has 1 amide bonds. The summed E-state index contributed by atoms with van der Waals surface area (Å²) in [6.45, 7) is 7.68. The minimum atomic E-state index is -0.256. The minimum Gasteiger partial charge on any atom is -0.489 e. The van der Waals surface area contributed by atoms with E-state index in [0.29, 0.717) is 23.1 Å². The molecule has 1 aromatic heterocycles. The maximum Gasteiger partial charge on any atom is 0.274 e. The van der Waals surface area contributed by atoms with Crippen molar-refractivity contribution in [1.29, 1.82) is 0 Å². The van der Waals surface area contributed by atoms with Crippen LogP contribution in [0.1, 0.15) is 49.3 Å². The lowest BCUT2D eigenvalue weighted by molar-refractivity contribution is 0.102. The van der Waals surface area contributed by atoms with Crippen LogP contribution in [0.15, 0.2) is 30.3 Å². The minimum absolute atomic E-state index is 0.0278. The molecule has 6 heteroatoms. The molecule has 0 saturated carbocycles. The van der Waals surface area contributed by atoms with Crippen LogP contribution in [0.2, 0.25) is 0 Å². The highest BCUT2D eigenvalue weighted by Crippen LogP contribution is 2.25. The van der Waals surface area contributed by atoms with Crippen molar-refractivity contribution >= 4 is 17.5 Å². The number of rotatable bonds is 5. The van der Waals surface area contributed by atoms with Crippen molar-refractivity contribution in [3.8, 4) is 5.75 Å². The first-order valence-electron chi connectivity index (χ1n) is 9.20. The number of carbonyl (C=O) groups excluding carboxylic acids is 1. The van der Waals surface area contributed by atoms with E-state index in [4.69, 9.17) is 4.74 Å². The van der Waals surface area contributed by atoms with Gasteiger partial charge in [0.15, 0.2) is 0 Å². The van der Waals surface area contributed by atoms with Crippen LogP contribution in [0.3, 0.4) is 0 Å². The van der Waals surface area contributed by atoms with Gasteiger partial charge in [0.2, 0.25) is 5.95 Å². The van der Waals surface area contributed by atoms with Crippen LogP contribution < -0.4 is 15.0 Å². The summed E-state index contributed by atoms with van der Waals surface area (Å²) in [6.07, 6.45) is 3.54. The number of hydrogen-bond donors (Lipinski definition) is 1. The SMILES string of the molecule is Cc1cc(C(=O)Nc2ccccc2OC(C)C)nc(N2CCCCC2)n1. The third-order valence-corrected chi connectivity index (χ3v) is 4.21. The van der Waals surface area contributed by atoms with Crippen LogP contribution in [0.5, 0.6) is 5.75 Å². The Balaban J connectivity index is 1.81. The molecule has 0 radical (unpaired) electrons. The number of para-hydroxylation sites is 2. The molecule has 1 N–H and O–H groups in total. The zero-order chi connectivity index (χ0) is 18.5. The van der Waals surface area contributed by atoms with E-state index in [9.17, 15) is 4.79 Å². The molecule has 2 aromatic rings. The summed E-state index contributed by atoms with van der Waals surface area (Å²) in [7, 11) is 0. The molecule has 1 aromatic carbocycles. The Morgan fingerprint density at radius 2 is 1.88 bits per heavy atom. The smallest absolute Gasteiger partial charge is 0.274 e. The number of hydrogen-bond acceptors (Lipinski definition) is 5. The van der Waals surface area contributed by atoms with Gasteiger partial charge in [0.1, 0.15) is 11.4 Å². The number of anilines is 2. The first-order valence-corrected chi connectivity index (χ1v) is 9.20. The molecule has 3 rings (SSSR count). The lowest BCUT2D eigenvalue weighted by Crippen LogP contribution is -2.31. The second-order valence-corrected chi connectivity index (χ2v) is 6.86. The average molecular weight is 354 g/mol. The molecule has 2 heterocycles. The summed E-state index contributed by atoms with van der Waals surface area (Å²) < 4.78 is 5.77. The molecule has 0 bridgehead atoms. The van der Waals surface area contributed by atoms with E-state index in [1.165, 1.54) is 6.42 Å². The van der Waals surface area contributed by atoms with Gasteiger partial charge in [-0.05, 0) is 58.2 Å². The topological polar surface area (TPSA) is 67.3 Å². The number of amides is 1. The van der Waals surface area contributed by atoms with Gasteiger partial charge in [-0.2, -0.15) is 0 Å². The second-order valence-electron chi connectivity index (χ2n) is 6.86. The first kappa shape index (κ1) is 18.2. The molecule has 0 unspecified atom stereocenters.